The molecule has 2 heterocycles. The molecule has 0 bridgehead atoms. The molecule has 6 nitrogen and oxygen atoms in total. The minimum Gasteiger partial charge on any atom is -0.467 e. The number of aromatic nitrogens is 2. The molecule has 1 unspecified atom stereocenters. The molecule has 0 aliphatic carbocycles. The summed E-state index contributed by atoms with van der Waals surface area (Å²) in [5, 5.41) is 10.4. The number of furan rings is 1. The third-order valence-electron chi connectivity index (χ3n) is 4.53. The fourth-order valence-electron chi connectivity index (χ4n) is 3.14. The number of fused-ring (bicyclic) bond motifs is 1. The number of para-hydroxylation sites is 2. The maximum Gasteiger partial charge on any atom is 0.416 e. The molecule has 0 saturated heterocycles. The number of hydrogen-bond donors (Lipinski definition) is 1. The van der Waals surface area contributed by atoms with Crippen LogP contribution >= 0.6 is 0 Å². The highest BCUT2D eigenvalue weighted by atomic mass is 32.2. The monoisotopic (exact) mass is 436 g/mol. The average Bonchev–Trinajstić information content (AvgIpc) is 3.35. The summed E-state index contributed by atoms with van der Waals surface area (Å²) in [6.07, 6.45) is -4.74. The van der Waals surface area contributed by atoms with Gasteiger partial charge in [0.05, 0.1) is 27.8 Å². The van der Waals surface area contributed by atoms with Gasteiger partial charge in [0.25, 0.3) is 10.0 Å². The summed E-state index contributed by atoms with van der Waals surface area (Å²) in [7, 11) is -4.44. The zero-order valence-electron chi connectivity index (χ0n) is 15.2. The number of aliphatic hydroxyl groups is 1. The second-order valence-corrected chi connectivity index (χ2v) is 8.33. The molecule has 2 aromatic carbocycles. The van der Waals surface area contributed by atoms with Crippen LogP contribution in [0.15, 0.2) is 76.2 Å². The van der Waals surface area contributed by atoms with Crippen LogP contribution in [0.25, 0.3) is 11.0 Å². The highest BCUT2D eigenvalue weighted by molar-refractivity contribution is 7.90. The Morgan fingerprint density at radius 3 is 2.53 bits per heavy atom. The molecule has 0 aliphatic heterocycles. The van der Waals surface area contributed by atoms with Crippen molar-refractivity contribution in [1.82, 2.24) is 8.96 Å². The van der Waals surface area contributed by atoms with E-state index in [2.05, 4.69) is 4.98 Å². The summed E-state index contributed by atoms with van der Waals surface area (Å²) < 4.78 is 72.0. The predicted octanol–water partition coefficient (Wildman–Crippen LogP) is 4.16. The van der Waals surface area contributed by atoms with Gasteiger partial charge in [0, 0.05) is 6.42 Å². The molecule has 0 fully saturated rings. The van der Waals surface area contributed by atoms with Crippen LogP contribution in [0.1, 0.15) is 23.3 Å². The maximum absolute atomic E-state index is 13.3. The summed E-state index contributed by atoms with van der Waals surface area (Å²) in [6.45, 7) is 0. The average molecular weight is 436 g/mol. The first-order valence-corrected chi connectivity index (χ1v) is 10.2. The van der Waals surface area contributed by atoms with Crippen molar-refractivity contribution < 1.29 is 31.1 Å². The summed E-state index contributed by atoms with van der Waals surface area (Å²) >= 11 is 0. The van der Waals surface area contributed by atoms with Crippen LogP contribution in [0.3, 0.4) is 0 Å². The van der Waals surface area contributed by atoms with Crippen molar-refractivity contribution >= 4 is 21.1 Å². The number of imidazole rings is 1. The lowest BCUT2D eigenvalue weighted by atomic mass is 10.2. The van der Waals surface area contributed by atoms with Crippen LogP contribution < -0.4 is 0 Å². The fraction of sp³-hybridized carbons (Fsp3) is 0.150. The molecule has 0 saturated carbocycles. The first kappa shape index (κ1) is 20.2. The van der Waals surface area contributed by atoms with Crippen LogP contribution in [0.5, 0.6) is 0 Å². The number of rotatable bonds is 5. The Kier molecular flexibility index (Phi) is 4.91. The molecule has 0 aliphatic rings. The molecule has 4 rings (SSSR count). The minimum atomic E-state index is -4.69. The van der Waals surface area contributed by atoms with E-state index in [-0.39, 0.29) is 23.5 Å². The quantitative estimate of drug-likeness (QED) is 0.508. The van der Waals surface area contributed by atoms with Crippen molar-refractivity contribution in [3.8, 4) is 0 Å². The van der Waals surface area contributed by atoms with Gasteiger partial charge in [-0.25, -0.2) is 17.4 Å². The van der Waals surface area contributed by atoms with Gasteiger partial charge in [0.15, 0.2) is 0 Å². The van der Waals surface area contributed by atoms with E-state index in [4.69, 9.17) is 4.42 Å². The topological polar surface area (TPSA) is 85.3 Å². The fourth-order valence-corrected chi connectivity index (χ4v) is 4.69. The van der Waals surface area contributed by atoms with Gasteiger partial charge in [-0.3, -0.25) is 0 Å². The first-order valence-electron chi connectivity index (χ1n) is 8.78. The van der Waals surface area contributed by atoms with E-state index in [0.29, 0.717) is 11.6 Å². The second-order valence-electron chi connectivity index (χ2n) is 6.55. The van der Waals surface area contributed by atoms with Crippen LogP contribution in [-0.2, 0) is 22.6 Å². The van der Waals surface area contributed by atoms with Gasteiger partial charge < -0.3 is 9.52 Å². The van der Waals surface area contributed by atoms with Crippen LogP contribution in [0.2, 0.25) is 0 Å². The molecule has 10 heteroatoms. The molecule has 4 aromatic rings. The Hall–Kier alpha value is -3.11. The number of benzene rings is 2. The Morgan fingerprint density at radius 1 is 1.07 bits per heavy atom. The molecule has 1 atom stereocenters. The largest absolute Gasteiger partial charge is 0.467 e. The Balaban J connectivity index is 1.87. The van der Waals surface area contributed by atoms with E-state index in [1.165, 1.54) is 18.4 Å². The Labute approximate surface area is 169 Å². The van der Waals surface area contributed by atoms with E-state index in [1.807, 2.05) is 0 Å². The molecule has 2 aromatic heterocycles. The van der Waals surface area contributed by atoms with Gasteiger partial charge in [0.2, 0.25) is 0 Å². The van der Waals surface area contributed by atoms with Crippen LogP contribution in [0, 0.1) is 0 Å². The van der Waals surface area contributed by atoms with Crippen molar-refractivity contribution in [2.75, 3.05) is 0 Å². The van der Waals surface area contributed by atoms with Crippen molar-refractivity contribution in [3.63, 3.8) is 0 Å². The smallest absolute Gasteiger partial charge is 0.416 e. The van der Waals surface area contributed by atoms with Crippen LogP contribution in [-0.4, -0.2) is 22.5 Å². The predicted molar refractivity (Wildman–Crippen MR) is 101 cm³/mol. The van der Waals surface area contributed by atoms with E-state index < -0.39 is 32.8 Å². The Morgan fingerprint density at radius 2 is 1.83 bits per heavy atom. The van der Waals surface area contributed by atoms with Gasteiger partial charge in [-0.1, -0.05) is 18.2 Å². The summed E-state index contributed by atoms with van der Waals surface area (Å²) in [6, 6.07) is 12.9. The molecule has 156 valence electrons. The highest BCUT2D eigenvalue weighted by Gasteiger charge is 2.33. The lowest BCUT2D eigenvalue weighted by Gasteiger charge is -2.14. The number of halogens is 3. The molecular weight excluding hydrogens is 421 g/mol. The minimum absolute atomic E-state index is 0.0301. The third-order valence-corrected chi connectivity index (χ3v) is 6.27. The van der Waals surface area contributed by atoms with Gasteiger partial charge in [-0.2, -0.15) is 13.2 Å². The van der Waals surface area contributed by atoms with Crippen molar-refractivity contribution in [3.05, 3.63) is 84.1 Å². The first-order chi connectivity index (χ1) is 14.2. The lowest BCUT2D eigenvalue weighted by Crippen LogP contribution is -2.18. The van der Waals surface area contributed by atoms with Crippen molar-refractivity contribution in [1.29, 1.82) is 0 Å². The molecule has 0 radical (unpaired) electrons. The lowest BCUT2D eigenvalue weighted by molar-refractivity contribution is -0.137. The second kappa shape index (κ2) is 7.29. The van der Waals surface area contributed by atoms with E-state index in [9.17, 15) is 26.7 Å². The normalized spacial score (nSPS) is 13.6. The maximum atomic E-state index is 13.3. The van der Waals surface area contributed by atoms with Crippen molar-refractivity contribution in [2.24, 2.45) is 0 Å². The molecule has 0 spiro atoms. The van der Waals surface area contributed by atoms with Gasteiger partial charge >= 0.3 is 6.18 Å². The number of alkyl halides is 3. The number of aliphatic hydroxyl groups excluding tert-OH is 1. The van der Waals surface area contributed by atoms with Crippen LogP contribution in [0.4, 0.5) is 13.2 Å². The van der Waals surface area contributed by atoms with Gasteiger partial charge in [-0.05, 0) is 42.5 Å². The van der Waals surface area contributed by atoms with E-state index in [1.54, 1.807) is 24.3 Å². The zero-order valence-corrected chi connectivity index (χ0v) is 16.1. The molecular formula is C20H15F3N2O4S. The van der Waals surface area contributed by atoms with E-state index in [0.717, 1.165) is 22.2 Å². The molecule has 0 amide bonds. The van der Waals surface area contributed by atoms with Gasteiger partial charge in [0.1, 0.15) is 17.7 Å². The molecule has 1 N–H and O–H groups in total. The summed E-state index contributed by atoms with van der Waals surface area (Å²) in [5.41, 5.74) is -0.559. The standard InChI is InChI=1S/C20H15F3N2O4S/c21-20(22,23)13-5-3-6-14(11-13)30(27,28)25-16-8-2-1-7-15(16)24-19(25)12-17(26)18-9-4-10-29-18/h1-11,17,26H,12H2. The van der Waals surface area contributed by atoms with E-state index >= 15 is 0 Å². The number of nitrogens with zero attached hydrogens (tertiary/aromatic N) is 2. The summed E-state index contributed by atoms with van der Waals surface area (Å²) in [4.78, 5) is 3.75. The zero-order chi connectivity index (χ0) is 21.5. The SMILES string of the molecule is O=S(=O)(c1cccc(C(F)(F)F)c1)n1c(CC(O)c2ccco2)nc2ccccc21. The summed E-state index contributed by atoms with van der Waals surface area (Å²) in [5.74, 6) is 0.183. The third kappa shape index (κ3) is 3.59. The highest BCUT2D eigenvalue weighted by Crippen LogP contribution is 2.32. The molecule has 30 heavy (non-hydrogen) atoms. The Bertz CT molecular complexity index is 1300. The van der Waals surface area contributed by atoms with Gasteiger partial charge in [-0.15, -0.1) is 0 Å². The van der Waals surface area contributed by atoms with Crippen molar-refractivity contribution in [2.45, 2.75) is 23.6 Å². The number of hydrogen-bond acceptors (Lipinski definition) is 5.